The van der Waals surface area contributed by atoms with Gasteiger partial charge in [-0.05, 0) is 97.2 Å². The molecule has 0 aromatic carbocycles. The molecule has 5 nitrogen and oxygen atoms in total. The fraction of sp³-hybridized carbons (Fsp3) is 0.871. The third-order valence-electron chi connectivity index (χ3n) is 13.2. The molecule has 2 N–H and O–H groups in total. The van der Waals surface area contributed by atoms with Crippen LogP contribution in [0.5, 0.6) is 0 Å². The van der Waals surface area contributed by atoms with E-state index in [4.69, 9.17) is 4.74 Å². The summed E-state index contributed by atoms with van der Waals surface area (Å²) in [5.41, 5.74) is -0.426. The van der Waals surface area contributed by atoms with E-state index in [1.54, 1.807) is 0 Å². The van der Waals surface area contributed by atoms with Gasteiger partial charge in [0.2, 0.25) is 0 Å². The zero-order valence-electron chi connectivity index (χ0n) is 23.5. The van der Waals surface area contributed by atoms with Crippen LogP contribution in [0.1, 0.15) is 99.3 Å². The Balaban J connectivity index is 1.63. The van der Waals surface area contributed by atoms with Gasteiger partial charge < -0.3 is 19.7 Å². The van der Waals surface area contributed by atoms with Crippen molar-refractivity contribution in [2.24, 2.45) is 50.2 Å². The summed E-state index contributed by atoms with van der Waals surface area (Å²) in [6.07, 6.45) is 9.60. The van der Waals surface area contributed by atoms with Gasteiger partial charge in [0.1, 0.15) is 11.7 Å². The van der Waals surface area contributed by atoms with Gasteiger partial charge in [0.05, 0.1) is 24.7 Å². The van der Waals surface area contributed by atoms with Crippen molar-refractivity contribution in [3.05, 3.63) is 11.6 Å². The number of aliphatic hydroxyl groups excluding tert-OH is 2. The molecule has 0 aromatic heterocycles. The number of allylic oxidation sites excluding steroid dienone is 2. The number of carbonyl (C=O) groups excluding carboxylic acids is 2. The van der Waals surface area contributed by atoms with Gasteiger partial charge in [-0.3, -0.25) is 4.79 Å². The molecular formula is C31H48O5. The molecule has 0 amide bonds. The first kappa shape index (κ1) is 26.4. The molecule has 0 heterocycles. The molecule has 4 saturated carbocycles. The van der Waals surface area contributed by atoms with E-state index < -0.39 is 23.0 Å². The summed E-state index contributed by atoms with van der Waals surface area (Å²) in [4.78, 5) is 25.8. The fourth-order valence-electron chi connectivity index (χ4n) is 10.8. The third-order valence-corrected chi connectivity index (χ3v) is 13.2. The maximum Gasteiger partial charge on any atom is 0.315 e. The maximum atomic E-state index is 13.4. The second kappa shape index (κ2) is 7.91. The summed E-state index contributed by atoms with van der Waals surface area (Å²) in [6.45, 7) is 13.7. The van der Waals surface area contributed by atoms with Crippen LogP contribution >= 0.6 is 0 Å². The molecule has 0 radical (unpaired) electrons. The van der Waals surface area contributed by atoms with Crippen molar-refractivity contribution in [3.63, 3.8) is 0 Å². The molecular weight excluding hydrogens is 452 g/mol. The van der Waals surface area contributed by atoms with Crippen LogP contribution in [-0.2, 0) is 14.3 Å². The Hall–Kier alpha value is -1.20. The van der Waals surface area contributed by atoms with Crippen molar-refractivity contribution in [1.29, 1.82) is 0 Å². The smallest absolute Gasteiger partial charge is 0.315 e. The van der Waals surface area contributed by atoms with Gasteiger partial charge in [0, 0.05) is 0 Å². The number of aliphatic hydroxyl groups is 2. The SMILES string of the molecule is COC(=O)[C@]12CCC(C)(C)C[C@@H]1C1=CC[C@@H]3[C@]4(C)CC[C@@H](O)[C@](C)(C=O)[C@H]4CC[C@@]3(C)[C@]1(C)C[C@@H]2O. The molecule has 0 saturated heterocycles. The van der Waals surface area contributed by atoms with Crippen molar-refractivity contribution >= 4 is 12.3 Å². The quantitative estimate of drug-likeness (QED) is 0.298. The number of aldehydes is 1. The summed E-state index contributed by atoms with van der Waals surface area (Å²) in [7, 11) is 1.46. The Morgan fingerprint density at radius 1 is 0.944 bits per heavy atom. The first-order valence-corrected chi connectivity index (χ1v) is 14.3. The number of fused-ring (bicyclic) bond motifs is 7. The molecule has 5 rings (SSSR count). The third kappa shape index (κ3) is 3.02. The number of carbonyl (C=O) groups is 2. The molecule has 4 fully saturated rings. The van der Waals surface area contributed by atoms with Gasteiger partial charge in [-0.15, -0.1) is 0 Å². The van der Waals surface area contributed by atoms with Crippen LogP contribution in [0.3, 0.4) is 0 Å². The number of hydrogen-bond acceptors (Lipinski definition) is 5. The van der Waals surface area contributed by atoms with Gasteiger partial charge in [0.25, 0.3) is 0 Å². The van der Waals surface area contributed by atoms with Crippen molar-refractivity contribution < 1.29 is 24.5 Å². The topological polar surface area (TPSA) is 83.8 Å². The van der Waals surface area contributed by atoms with Crippen LogP contribution in [0.2, 0.25) is 0 Å². The first-order valence-electron chi connectivity index (χ1n) is 14.3. The van der Waals surface area contributed by atoms with E-state index in [-0.39, 0.29) is 39.5 Å². The molecule has 0 aromatic rings. The summed E-state index contributed by atoms with van der Waals surface area (Å²) in [5, 5.41) is 22.8. The molecule has 5 aliphatic rings. The number of rotatable bonds is 2. The summed E-state index contributed by atoms with van der Waals surface area (Å²) in [6, 6.07) is 0. The molecule has 5 aliphatic carbocycles. The lowest BCUT2D eigenvalue weighted by Crippen LogP contribution is -2.68. The lowest BCUT2D eigenvalue weighted by molar-refractivity contribution is -0.218. The van der Waals surface area contributed by atoms with E-state index >= 15 is 0 Å². The first-order chi connectivity index (χ1) is 16.7. The molecule has 0 unspecified atom stereocenters. The van der Waals surface area contributed by atoms with E-state index in [9.17, 15) is 19.8 Å². The molecule has 36 heavy (non-hydrogen) atoms. The number of esters is 1. The summed E-state index contributed by atoms with van der Waals surface area (Å²) >= 11 is 0. The van der Waals surface area contributed by atoms with Gasteiger partial charge in [0.15, 0.2) is 0 Å². The van der Waals surface area contributed by atoms with Crippen LogP contribution in [0, 0.1) is 50.2 Å². The van der Waals surface area contributed by atoms with Gasteiger partial charge >= 0.3 is 5.97 Å². The Bertz CT molecular complexity index is 985. The molecule has 0 bridgehead atoms. The molecule has 0 aliphatic heterocycles. The minimum atomic E-state index is -0.856. The van der Waals surface area contributed by atoms with Gasteiger partial charge in [-0.2, -0.15) is 0 Å². The monoisotopic (exact) mass is 500 g/mol. The lowest BCUT2D eigenvalue weighted by Gasteiger charge is -2.71. The zero-order valence-corrected chi connectivity index (χ0v) is 23.5. The summed E-state index contributed by atoms with van der Waals surface area (Å²) in [5.74, 6) is 0.251. The second-order valence-corrected chi connectivity index (χ2v) is 15.0. The molecule has 10 atom stereocenters. The fourth-order valence-corrected chi connectivity index (χ4v) is 10.8. The Kier molecular flexibility index (Phi) is 5.80. The van der Waals surface area contributed by atoms with E-state index in [0.29, 0.717) is 25.2 Å². The number of hydrogen-bond donors (Lipinski definition) is 2. The van der Waals surface area contributed by atoms with Crippen LogP contribution in [-0.4, -0.2) is 41.8 Å². The van der Waals surface area contributed by atoms with E-state index in [0.717, 1.165) is 44.8 Å². The summed E-state index contributed by atoms with van der Waals surface area (Å²) < 4.78 is 5.38. The number of methoxy groups -OCH3 is 1. The van der Waals surface area contributed by atoms with Crippen molar-refractivity contribution in [3.8, 4) is 0 Å². The average Bonchev–Trinajstić information content (AvgIpc) is 2.81. The zero-order chi connectivity index (χ0) is 26.5. The normalized spacial score (nSPS) is 53.6. The van der Waals surface area contributed by atoms with E-state index in [2.05, 4.69) is 40.7 Å². The van der Waals surface area contributed by atoms with Crippen molar-refractivity contribution in [2.75, 3.05) is 7.11 Å². The van der Waals surface area contributed by atoms with Crippen LogP contribution in [0.25, 0.3) is 0 Å². The van der Waals surface area contributed by atoms with E-state index in [1.165, 1.54) is 12.7 Å². The minimum Gasteiger partial charge on any atom is -0.468 e. The maximum absolute atomic E-state index is 13.4. The van der Waals surface area contributed by atoms with E-state index in [1.807, 2.05) is 6.92 Å². The molecule has 202 valence electrons. The highest BCUT2D eigenvalue weighted by Gasteiger charge is 2.71. The minimum absolute atomic E-state index is 0.0147. The lowest BCUT2D eigenvalue weighted by atomic mass is 9.33. The number of ether oxygens (including phenoxy) is 1. The second-order valence-electron chi connectivity index (χ2n) is 15.0. The largest absolute Gasteiger partial charge is 0.468 e. The van der Waals surface area contributed by atoms with Crippen LogP contribution in [0.4, 0.5) is 0 Å². The molecule has 0 spiro atoms. The van der Waals surface area contributed by atoms with Crippen LogP contribution in [0.15, 0.2) is 11.6 Å². The predicted molar refractivity (Wildman–Crippen MR) is 139 cm³/mol. The van der Waals surface area contributed by atoms with Crippen LogP contribution < -0.4 is 0 Å². The Labute approximate surface area is 217 Å². The van der Waals surface area contributed by atoms with Gasteiger partial charge in [-0.1, -0.05) is 53.2 Å². The molecule has 5 heteroatoms. The standard InChI is InChI=1S/C31H48O5/c1-26(2)14-15-31(25(35)36-7)20(16-26)19-8-9-22-27(3)12-11-23(33)28(4,18-32)21(27)10-13-29(22,5)30(19,6)17-24(31)34/h8,18,20-24,33-34H,9-17H2,1-7H3/t20-,21+,22-,23-,24+,27-,28-,29-,30-,31-/m1/s1. The Morgan fingerprint density at radius 2 is 1.64 bits per heavy atom. The highest BCUT2D eigenvalue weighted by molar-refractivity contribution is 5.79. The average molecular weight is 501 g/mol. The highest BCUT2D eigenvalue weighted by atomic mass is 16.5. The van der Waals surface area contributed by atoms with Crippen molar-refractivity contribution in [1.82, 2.24) is 0 Å². The van der Waals surface area contributed by atoms with Crippen molar-refractivity contribution in [2.45, 2.75) is 112 Å². The highest BCUT2D eigenvalue weighted by Crippen LogP contribution is 2.75. The van der Waals surface area contributed by atoms with Gasteiger partial charge in [-0.25, -0.2) is 0 Å². The predicted octanol–water partition coefficient (Wildman–Crippen LogP) is 5.47. The Morgan fingerprint density at radius 3 is 2.28 bits per heavy atom.